The standard InChI is InChI=1S/C29H27N5O4/c1-18(35)34(13-12-33(2)3)22-8-6-21(7-9-22)31-28(20-5-11-25-26(15-20)38-17-37-25)27-23-10-4-19(16-30)14-24(23)32-29(27)36/h4-11,14-15,27H,12-13,17H2,1-3H3,(H,32,36). The number of nitrogens with one attached hydrogen (secondary N) is 1. The van der Waals surface area contributed by atoms with Gasteiger partial charge in [0.05, 0.1) is 23.0 Å². The number of rotatable bonds is 7. The molecule has 0 saturated heterocycles. The second kappa shape index (κ2) is 10.4. The zero-order valence-electron chi connectivity index (χ0n) is 21.4. The van der Waals surface area contributed by atoms with Gasteiger partial charge in [-0.25, -0.2) is 0 Å². The Balaban J connectivity index is 1.55. The Hall–Kier alpha value is -4.68. The van der Waals surface area contributed by atoms with E-state index >= 15 is 0 Å². The number of ether oxygens (including phenoxy) is 2. The Kier molecular flexibility index (Phi) is 6.81. The lowest BCUT2D eigenvalue weighted by Crippen LogP contribution is -2.35. The Labute approximate surface area is 220 Å². The summed E-state index contributed by atoms with van der Waals surface area (Å²) >= 11 is 0. The molecule has 9 heteroatoms. The van der Waals surface area contributed by atoms with Crippen LogP contribution in [0.4, 0.5) is 17.1 Å². The molecule has 0 bridgehead atoms. The van der Waals surface area contributed by atoms with Gasteiger partial charge < -0.3 is 24.6 Å². The Morgan fingerprint density at radius 1 is 1.05 bits per heavy atom. The first kappa shape index (κ1) is 25.0. The number of carbonyl (C=O) groups excluding carboxylic acids is 2. The van der Waals surface area contributed by atoms with Crippen molar-refractivity contribution in [2.45, 2.75) is 12.8 Å². The number of hydrogen-bond acceptors (Lipinski definition) is 7. The van der Waals surface area contributed by atoms with Crippen molar-refractivity contribution >= 4 is 34.6 Å². The van der Waals surface area contributed by atoms with Gasteiger partial charge in [0.25, 0.3) is 0 Å². The Morgan fingerprint density at radius 3 is 2.53 bits per heavy atom. The van der Waals surface area contributed by atoms with E-state index in [0.717, 1.165) is 17.8 Å². The van der Waals surface area contributed by atoms with Gasteiger partial charge in [-0.3, -0.25) is 14.6 Å². The van der Waals surface area contributed by atoms with E-state index in [1.54, 1.807) is 36.1 Å². The van der Waals surface area contributed by atoms with Crippen LogP contribution in [0.3, 0.4) is 0 Å². The molecule has 5 rings (SSSR count). The molecule has 192 valence electrons. The van der Waals surface area contributed by atoms with Crippen molar-refractivity contribution in [2.75, 3.05) is 44.2 Å². The molecule has 3 aromatic rings. The fourth-order valence-electron chi connectivity index (χ4n) is 4.57. The third-order valence-electron chi connectivity index (χ3n) is 6.52. The molecule has 1 N–H and O–H groups in total. The number of likely N-dealkylation sites (N-methyl/N-ethyl adjacent to an activating group) is 1. The zero-order valence-corrected chi connectivity index (χ0v) is 21.4. The summed E-state index contributed by atoms with van der Waals surface area (Å²) < 4.78 is 11.0. The van der Waals surface area contributed by atoms with Crippen molar-refractivity contribution in [1.29, 1.82) is 5.26 Å². The van der Waals surface area contributed by atoms with Gasteiger partial charge in [-0.15, -0.1) is 0 Å². The number of carbonyl (C=O) groups is 2. The number of benzene rings is 3. The normalized spacial score (nSPS) is 15.7. The van der Waals surface area contributed by atoms with E-state index < -0.39 is 5.92 Å². The molecule has 1 unspecified atom stereocenters. The number of amides is 2. The Bertz CT molecular complexity index is 1470. The summed E-state index contributed by atoms with van der Waals surface area (Å²) in [5.74, 6) is 0.262. The van der Waals surface area contributed by atoms with Crippen LogP contribution in [0.5, 0.6) is 11.5 Å². The molecule has 2 heterocycles. The number of nitriles is 1. The summed E-state index contributed by atoms with van der Waals surface area (Å²) in [5.41, 5.74) is 4.46. The van der Waals surface area contributed by atoms with Crippen LogP contribution in [-0.4, -0.2) is 56.4 Å². The minimum atomic E-state index is -0.688. The molecule has 0 aliphatic carbocycles. The molecule has 0 spiro atoms. The molecule has 9 nitrogen and oxygen atoms in total. The predicted molar refractivity (Wildman–Crippen MR) is 144 cm³/mol. The van der Waals surface area contributed by atoms with E-state index in [9.17, 15) is 14.9 Å². The molecule has 0 saturated carbocycles. The minimum absolute atomic E-state index is 0.0416. The third kappa shape index (κ3) is 4.94. The third-order valence-corrected chi connectivity index (χ3v) is 6.52. The molecule has 2 aliphatic heterocycles. The maximum absolute atomic E-state index is 13.2. The minimum Gasteiger partial charge on any atom is -0.454 e. The van der Waals surface area contributed by atoms with E-state index in [0.29, 0.717) is 46.3 Å². The van der Waals surface area contributed by atoms with E-state index in [-0.39, 0.29) is 18.6 Å². The molecule has 0 radical (unpaired) electrons. The maximum atomic E-state index is 13.2. The topological polar surface area (TPSA) is 107 Å². The fourth-order valence-corrected chi connectivity index (χ4v) is 4.57. The quantitative estimate of drug-likeness (QED) is 0.482. The second-order valence-corrected chi connectivity index (χ2v) is 9.39. The monoisotopic (exact) mass is 509 g/mol. The first-order chi connectivity index (χ1) is 18.3. The van der Waals surface area contributed by atoms with Crippen molar-refractivity contribution in [2.24, 2.45) is 4.99 Å². The SMILES string of the molecule is CC(=O)N(CCN(C)C)c1ccc(N=C(c2ccc3c(c2)OCO3)C2C(=O)Nc3cc(C#N)ccc32)cc1. The summed E-state index contributed by atoms with van der Waals surface area (Å²) in [5, 5.41) is 12.2. The average Bonchev–Trinajstić information content (AvgIpc) is 3.50. The van der Waals surface area contributed by atoms with Gasteiger partial charge in [0.15, 0.2) is 11.5 Å². The van der Waals surface area contributed by atoms with Crippen LogP contribution in [0.1, 0.15) is 29.5 Å². The van der Waals surface area contributed by atoms with Crippen LogP contribution in [0, 0.1) is 11.3 Å². The summed E-state index contributed by atoms with van der Waals surface area (Å²) in [6, 6.07) is 20.1. The second-order valence-electron chi connectivity index (χ2n) is 9.39. The van der Waals surface area contributed by atoms with Crippen molar-refractivity contribution in [3.8, 4) is 17.6 Å². The van der Waals surface area contributed by atoms with Gasteiger partial charge in [-0.1, -0.05) is 6.07 Å². The van der Waals surface area contributed by atoms with Gasteiger partial charge in [-0.2, -0.15) is 5.26 Å². The van der Waals surface area contributed by atoms with Crippen LogP contribution in [-0.2, 0) is 9.59 Å². The molecule has 3 aromatic carbocycles. The van der Waals surface area contributed by atoms with Gasteiger partial charge in [0, 0.05) is 37.0 Å². The number of fused-ring (bicyclic) bond motifs is 2. The zero-order chi connectivity index (χ0) is 26.8. The van der Waals surface area contributed by atoms with Gasteiger partial charge in [-0.05, 0) is 74.3 Å². The van der Waals surface area contributed by atoms with Gasteiger partial charge >= 0.3 is 0 Å². The average molecular weight is 510 g/mol. The highest BCUT2D eigenvalue weighted by Crippen LogP contribution is 2.39. The lowest BCUT2D eigenvalue weighted by molar-refractivity contribution is -0.117. The predicted octanol–water partition coefficient (Wildman–Crippen LogP) is 4.06. The van der Waals surface area contributed by atoms with Gasteiger partial charge in [0.2, 0.25) is 18.6 Å². The summed E-state index contributed by atoms with van der Waals surface area (Å²) in [6.07, 6.45) is 0. The number of aliphatic imine (C=N–C) groups is 1. The van der Waals surface area contributed by atoms with Gasteiger partial charge in [0.1, 0.15) is 5.92 Å². The van der Waals surface area contributed by atoms with E-state index in [1.165, 1.54) is 0 Å². The molecule has 38 heavy (non-hydrogen) atoms. The van der Waals surface area contributed by atoms with E-state index in [4.69, 9.17) is 14.5 Å². The highest BCUT2D eigenvalue weighted by atomic mass is 16.7. The molecule has 2 amide bonds. The van der Waals surface area contributed by atoms with Crippen molar-refractivity contribution in [3.05, 3.63) is 77.4 Å². The molecule has 0 fully saturated rings. The molecular formula is C29H27N5O4. The molecule has 0 aromatic heterocycles. The first-order valence-corrected chi connectivity index (χ1v) is 12.2. The number of nitrogens with zero attached hydrogens (tertiary/aromatic N) is 4. The number of anilines is 2. The first-order valence-electron chi connectivity index (χ1n) is 12.2. The smallest absolute Gasteiger partial charge is 0.238 e. The molecular weight excluding hydrogens is 482 g/mol. The molecule has 2 aliphatic rings. The van der Waals surface area contributed by atoms with Crippen LogP contribution < -0.4 is 19.7 Å². The van der Waals surface area contributed by atoms with E-state index in [1.807, 2.05) is 55.4 Å². The van der Waals surface area contributed by atoms with Crippen LogP contribution in [0.2, 0.25) is 0 Å². The largest absolute Gasteiger partial charge is 0.454 e. The van der Waals surface area contributed by atoms with Crippen LogP contribution >= 0.6 is 0 Å². The van der Waals surface area contributed by atoms with Crippen molar-refractivity contribution in [3.63, 3.8) is 0 Å². The van der Waals surface area contributed by atoms with Crippen molar-refractivity contribution < 1.29 is 19.1 Å². The van der Waals surface area contributed by atoms with Crippen molar-refractivity contribution in [1.82, 2.24) is 4.90 Å². The summed E-state index contributed by atoms with van der Waals surface area (Å²) in [6.45, 7) is 2.98. The lowest BCUT2D eigenvalue weighted by atomic mass is 9.90. The van der Waals surface area contributed by atoms with E-state index in [2.05, 4.69) is 11.4 Å². The van der Waals surface area contributed by atoms with Crippen LogP contribution in [0.15, 0.2) is 65.7 Å². The highest BCUT2D eigenvalue weighted by Gasteiger charge is 2.36. The van der Waals surface area contributed by atoms with Crippen LogP contribution in [0.25, 0.3) is 0 Å². The summed E-state index contributed by atoms with van der Waals surface area (Å²) in [4.78, 5) is 34.2. The fraction of sp³-hybridized carbons (Fsp3) is 0.241. The summed E-state index contributed by atoms with van der Waals surface area (Å²) in [7, 11) is 3.93. The maximum Gasteiger partial charge on any atom is 0.238 e. The molecule has 1 atom stereocenters. The Morgan fingerprint density at radius 2 is 1.82 bits per heavy atom. The lowest BCUT2D eigenvalue weighted by Gasteiger charge is -2.23. The number of hydrogen-bond donors (Lipinski definition) is 1. The highest BCUT2D eigenvalue weighted by molar-refractivity contribution is 6.24.